The number of benzene rings is 1. The number of aryl methyl sites for hydroxylation is 1. The van der Waals surface area contributed by atoms with Crippen molar-refractivity contribution in [3.63, 3.8) is 0 Å². The number of carbonyl (C=O) groups excluding carboxylic acids is 2. The maximum absolute atomic E-state index is 12.9. The molecular weight excluding hydrogens is 336 g/mol. The van der Waals surface area contributed by atoms with Crippen molar-refractivity contribution in [2.75, 3.05) is 31.6 Å². The van der Waals surface area contributed by atoms with Gasteiger partial charge in [-0.3, -0.25) is 9.59 Å². The number of hydrogen-bond donors (Lipinski definition) is 1. The molecule has 0 bridgehead atoms. The number of hydrogen-bond acceptors (Lipinski definition) is 5. The largest absolute Gasteiger partial charge is 0.469 e. The maximum atomic E-state index is 12.9. The lowest BCUT2D eigenvalue weighted by Crippen LogP contribution is -2.40. The Morgan fingerprint density at radius 3 is 2.62 bits per heavy atom. The lowest BCUT2D eigenvalue weighted by Gasteiger charge is -2.26. The zero-order valence-corrected chi connectivity index (χ0v) is 14.3. The Morgan fingerprint density at radius 1 is 1.12 bits per heavy atom. The highest BCUT2D eigenvalue weighted by Crippen LogP contribution is 2.32. The second-order valence-corrected chi connectivity index (χ2v) is 6.05. The van der Waals surface area contributed by atoms with Crippen LogP contribution in [-0.2, 0) is 4.74 Å². The van der Waals surface area contributed by atoms with Crippen LogP contribution in [0, 0.1) is 6.92 Å². The van der Waals surface area contributed by atoms with Crippen molar-refractivity contribution < 1.29 is 23.2 Å². The zero-order valence-electron chi connectivity index (χ0n) is 14.3. The number of nitrogens with zero attached hydrogens (tertiary/aromatic N) is 1. The van der Waals surface area contributed by atoms with Gasteiger partial charge in [0.1, 0.15) is 17.0 Å². The summed E-state index contributed by atoms with van der Waals surface area (Å²) in [6, 6.07) is 8.83. The van der Waals surface area contributed by atoms with Crippen LogP contribution >= 0.6 is 0 Å². The third-order valence-electron chi connectivity index (χ3n) is 4.43. The molecule has 4 rings (SSSR count). The molecule has 1 saturated heterocycles. The van der Waals surface area contributed by atoms with Gasteiger partial charge in [-0.25, -0.2) is 0 Å². The minimum atomic E-state index is -0.348. The van der Waals surface area contributed by atoms with E-state index in [0.29, 0.717) is 54.3 Å². The van der Waals surface area contributed by atoms with Gasteiger partial charge in [0.15, 0.2) is 0 Å². The summed E-state index contributed by atoms with van der Waals surface area (Å²) in [5.74, 6) is 0.0292. The molecule has 3 heterocycles. The van der Waals surface area contributed by atoms with E-state index < -0.39 is 0 Å². The van der Waals surface area contributed by atoms with Crippen LogP contribution in [0.3, 0.4) is 0 Å². The average molecular weight is 354 g/mol. The Bertz CT molecular complexity index is 965. The predicted molar refractivity (Wildman–Crippen MR) is 94.3 cm³/mol. The summed E-state index contributed by atoms with van der Waals surface area (Å²) in [5.41, 5.74) is 1.34. The second kappa shape index (κ2) is 6.68. The van der Waals surface area contributed by atoms with Crippen LogP contribution in [0.2, 0.25) is 0 Å². The van der Waals surface area contributed by atoms with E-state index in [1.165, 1.54) is 6.26 Å². The minimum Gasteiger partial charge on any atom is -0.469 e. The Morgan fingerprint density at radius 2 is 1.88 bits per heavy atom. The van der Waals surface area contributed by atoms with E-state index in [1.54, 1.807) is 24.0 Å². The summed E-state index contributed by atoms with van der Waals surface area (Å²) in [5, 5.41) is 3.50. The summed E-state index contributed by atoms with van der Waals surface area (Å²) in [4.78, 5) is 27.2. The normalized spacial score (nSPS) is 14.6. The molecule has 0 aliphatic carbocycles. The van der Waals surface area contributed by atoms with Gasteiger partial charge in [-0.15, -0.1) is 0 Å². The highest BCUT2D eigenvalue weighted by Gasteiger charge is 2.28. The first kappa shape index (κ1) is 16.4. The van der Waals surface area contributed by atoms with Gasteiger partial charge < -0.3 is 23.8 Å². The molecule has 1 aliphatic heterocycles. The van der Waals surface area contributed by atoms with E-state index in [4.69, 9.17) is 13.6 Å². The van der Waals surface area contributed by atoms with Crippen LogP contribution < -0.4 is 5.32 Å². The summed E-state index contributed by atoms with van der Waals surface area (Å²) in [6.07, 6.45) is 1.46. The monoisotopic (exact) mass is 354 g/mol. The van der Waals surface area contributed by atoms with Gasteiger partial charge >= 0.3 is 0 Å². The summed E-state index contributed by atoms with van der Waals surface area (Å²) < 4.78 is 16.3. The number of nitrogens with one attached hydrogen (secondary N) is 1. The standard InChI is InChI=1S/C19H18N2O5/c1-12-13(6-9-25-12)18(22)20-16-14-4-2-3-5-15(14)26-17(16)19(23)21-7-10-24-11-8-21/h2-6,9H,7-8,10-11H2,1H3,(H,20,22). The Labute approximate surface area is 149 Å². The third-order valence-corrected chi connectivity index (χ3v) is 4.43. The summed E-state index contributed by atoms with van der Waals surface area (Å²) in [7, 11) is 0. The lowest BCUT2D eigenvalue weighted by molar-refractivity contribution is 0.0285. The van der Waals surface area contributed by atoms with Gasteiger partial charge in [-0.1, -0.05) is 12.1 Å². The molecule has 2 aromatic heterocycles. The molecule has 0 radical (unpaired) electrons. The van der Waals surface area contributed by atoms with Crippen LogP contribution in [0.15, 0.2) is 45.4 Å². The first-order valence-electron chi connectivity index (χ1n) is 8.39. The summed E-state index contributed by atoms with van der Waals surface area (Å²) >= 11 is 0. The molecule has 7 nitrogen and oxygen atoms in total. The first-order valence-corrected chi connectivity index (χ1v) is 8.39. The number of amides is 2. The summed E-state index contributed by atoms with van der Waals surface area (Å²) in [6.45, 7) is 3.67. The number of ether oxygens (including phenoxy) is 1. The van der Waals surface area contributed by atoms with Crippen LogP contribution in [-0.4, -0.2) is 43.0 Å². The quantitative estimate of drug-likeness (QED) is 0.781. The van der Waals surface area contributed by atoms with E-state index >= 15 is 0 Å². The van der Waals surface area contributed by atoms with Crippen molar-refractivity contribution in [2.24, 2.45) is 0 Å². The number of anilines is 1. The van der Waals surface area contributed by atoms with Crippen molar-refractivity contribution in [1.29, 1.82) is 0 Å². The average Bonchev–Trinajstić information content (AvgIpc) is 3.26. The van der Waals surface area contributed by atoms with Crippen molar-refractivity contribution in [3.05, 3.63) is 53.7 Å². The van der Waals surface area contributed by atoms with E-state index in [-0.39, 0.29) is 17.6 Å². The molecule has 2 amide bonds. The van der Waals surface area contributed by atoms with Crippen molar-refractivity contribution in [2.45, 2.75) is 6.92 Å². The van der Waals surface area contributed by atoms with E-state index in [2.05, 4.69) is 5.32 Å². The smallest absolute Gasteiger partial charge is 0.291 e. The van der Waals surface area contributed by atoms with Gasteiger partial charge in [-0.2, -0.15) is 0 Å². The zero-order chi connectivity index (χ0) is 18.1. The number of para-hydroxylation sites is 1. The van der Waals surface area contributed by atoms with E-state index in [9.17, 15) is 9.59 Å². The Balaban J connectivity index is 1.73. The highest BCUT2D eigenvalue weighted by atomic mass is 16.5. The van der Waals surface area contributed by atoms with Gasteiger partial charge in [0, 0.05) is 18.5 Å². The van der Waals surface area contributed by atoms with Crippen LogP contribution in [0.5, 0.6) is 0 Å². The molecule has 0 unspecified atom stereocenters. The van der Waals surface area contributed by atoms with Crippen molar-refractivity contribution in [1.82, 2.24) is 4.90 Å². The second-order valence-electron chi connectivity index (χ2n) is 6.05. The highest BCUT2D eigenvalue weighted by molar-refractivity contribution is 6.14. The van der Waals surface area contributed by atoms with Crippen molar-refractivity contribution in [3.8, 4) is 0 Å². The Kier molecular flexibility index (Phi) is 4.22. The van der Waals surface area contributed by atoms with Crippen LogP contribution in [0.4, 0.5) is 5.69 Å². The SMILES string of the molecule is Cc1occc1C(=O)Nc1c(C(=O)N2CCOCC2)oc2ccccc12. The molecule has 3 aromatic rings. The van der Waals surface area contributed by atoms with Gasteiger partial charge in [-0.05, 0) is 25.1 Å². The van der Waals surface area contributed by atoms with Crippen molar-refractivity contribution >= 4 is 28.5 Å². The molecule has 1 aromatic carbocycles. The van der Waals surface area contributed by atoms with Crippen LogP contribution in [0.25, 0.3) is 11.0 Å². The number of furan rings is 2. The van der Waals surface area contributed by atoms with Gasteiger partial charge in [0.25, 0.3) is 11.8 Å². The minimum absolute atomic E-state index is 0.127. The van der Waals surface area contributed by atoms with E-state index in [0.717, 1.165) is 0 Å². The number of carbonyl (C=O) groups is 2. The molecule has 134 valence electrons. The number of morpholine rings is 1. The topological polar surface area (TPSA) is 84.9 Å². The maximum Gasteiger partial charge on any atom is 0.291 e. The number of rotatable bonds is 3. The van der Waals surface area contributed by atoms with Crippen LogP contribution in [0.1, 0.15) is 26.7 Å². The fourth-order valence-corrected chi connectivity index (χ4v) is 3.03. The molecule has 1 N–H and O–H groups in total. The third kappa shape index (κ3) is 2.86. The molecule has 26 heavy (non-hydrogen) atoms. The predicted octanol–water partition coefficient (Wildman–Crippen LogP) is 3.06. The molecule has 0 saturated carbocycles. The Hall–Kier alpha value is -3.06. The molecular formula is C19H18N2O5. The van der Waals surface area contributed by atoms with E-state index in [1.807, 2.05) is 18.2 Å². The molecule has 7 heteroatoms. The molecule has 0 atom stereocenters. The molecule has 1 fully saturated rings. The fraction of sp³-hybridized carbons (Fsp3) is 0.263. The first-order chi connectivity index (χ1) is 12.6. The molecule has 0 spiro atoms. The fourth-order valence-electron chi connectivity index (χ4n) is 3.03. The number of fused-ring (bicyclic) bond motifs is 1. The lowest BCUT2D eigenvalue weighted by atomic mass is 10.2. The molecule has 1 aliphatic rings. The van der Waals surface area contributed by atoms with Gasteiger partial charge in [0.2, 0.25) is 5.76 Å². The van der Waals surface area contributed by atoms with Gasteiger partial charge in [0.05, 0.1) is 25.0 Å².